The Morgan fingerprint density at radius 2 is 1.45 bits per heavy atom. The Labute approximate surface area is 194 Å². The van der Waals surface area contributed by atoms with E-state index in [1.165, 1.54) is 0 Å². The maximum Gasteiger partial charge on any atom is 0.242 e. The second kappa shape index (κ2) is 10.7. The van der Waals surface area contributed by atoms with Crippen molar-refractivity contribution in [3.8, 4) is 11.5 Å². The number of likely N-dealkylation sites (tertiary alicyclic amines) is 1. The van der Waals surface area contributed by atoms with E-state index in [-0.39, 0.29) is 17.7 Å². The van der Waals surface area contributed by atoms with Gasteiger partial charge in [0.2, 0.25) is 11.8 Å². The lowest BCUT2D eigenvalue weighted by Crippen LogP contribution is -2.45. The van der Waals surface area contributed by atoms with Crippen LogP contribution in [-0.4, -0.2) is 43.4 Å². The number of piperidine rings is 1. The van der Waals surface area contributed by atoms with E-state index in [1.54, 1.807) is 0 Å². The van der Waals surface area contributed by atoms with Gasteiger partial charge in [-0.3, -0.25) is 9.59 Å². The summed E-state index contributed by atoms with van der Waals surface area (Å²) in [6.07, 6.45) is 1.36. The number of para-hydroxylation sites is 2. The van der Waals surface area contributed by atoms with Gasteiger partial charge in [-0.2, -0.15) is 0 Å². The molecule has 3 aromatic carbocycles. The zero-order valence-electron chi connectivity index (χ0n) is 18.8. The van der Waals surface area contributed by atoms with Crippen molar-refractivity contribution in [1.29, 1.82) is 0 Å². The van der Waals surface area contributed by atoms with E-state index in [1.807, 2.05) is 102 Å². The molecule has 0 spiro atoms. The third-order valence-corrected chi connectivity index (χ3v) is 5.89. The van der Waals surface area contributed by atoms with Crippen LogP contribution in [0.2, 0.25) is 0 Å². The highest BCUT2D eigenvalue weighted by Gasteiger charge is 2.27. The van der Waals surface area contributed by atoms with Crippen LogP contribution in [0.15, 0.2) is 84.9 Å². The molecule has 0 saturated carbocycles. The molecule has 4 rings (SSSR count). The van der Waals surface area contributed by atoms with Gasteiger partial charge in [-0.25, -0.2) is 0 Å². The lowest BCUT2D eigenvalue weighted by molar-refractivity contribution is -0.133. The number of carbonyl (C=O) groups excluding carboxylic acids is 2. The maximum absolute atomic E-state index is 12.8. The zero-order valence-corrected chi connectivity index (χ0v) is 18.8. The van der Waals surface area contributed by atoms with Crippen molar-refractivity contribution in [2.24, 2.45) is 5.92 Å². The molecule has 0 bridgehead atoms. The molecule has 1 saturated heterocycles. The van der Waals surface area contributed by atoms with Crippen molar-refractivity contribution in [2.75, 3.05) is 36.9 Å². The number of nitrogens with zero attached hydrogens (tertiary/aromatic N) is 2. The van der Waals surface area contributed by atoms with Crippen LogP contribution in [0.5, 0.6) is 11.5 Å². The summed E-state index contributed by atoms with van der Waals surface area (Å²) in [6, 6.07) is 26.8. The Morgan fingerprint density at radius 1 is 0.879 bits per heavy atom. The molecular weight excluding hydrogens is 414 g/mol. The second-order valence-corrected chi connectivity index (χ2v) is 8.28. The summed E-state index contributed by atoms with van der Waals surface area (Å²) in [6.45, 7) is 1.49. The molecular formula is C27H29N3O3. The molecule has 0 aliphatic carbocycles. The van der Waals surface area contributed by atoms with Gasteiger partial charge in [0.25, 0.3) is 0 Å². The van der Waals surface area contributed by atoms with Gasteiger partial charge in [0, 0.05) is 37.4 Å². The van der Waals surface area contributed by atoms with Gasteiger partial charge in [-0.1, -0.05) is 36.4 Å². The van der Waals surface area contributed by atoms with Crippen LogP contribution in [0.3, 0.4) is 0 Å². The van der Waals surface area contributed by atoms with Crippen molar-refractivity contribution in [3.05, 3.63) is 84.9 Å². The van der Waals surface area contributed by atoms with E-state index in [2.05, 4.69) is 5.32 Å². The predicted octanol–water partition coefficient (Wildman–Crippen LogP) is 4.79. The Balaban J connectivity index is 1.24. The molecule has 6 heteroatoms. The predicted molar refractivity (Wildman–Crippen MR) is 131 cm³/mol. The van der Waals surface area contributed by atoms with Crippen molar-refractivity contribution in [2.45, 2.75) is 12.8 Å². The second-order valence-electron chi connectivity index (χ2n) is 8.28. The largest absolute Gasteiger partial charge is 0.457 e. The smallest absolute Gasteiger partial charge is 0.242 e. The molecule has 33 heavy (non-hydrogen) atoms. The molecule has 2 amide bonds. The third kappa shape index (κ3) is 6.13. The first kappa shape index (κ1) is 22.4. The number of hydrogen-bond acceptors (Lipinski definition) is 4. The topological polar surface area (TPSA) is 61.9 Å². The lowest BCUT2D eigenvalue weighted by atomic mass is 9.95. The monoisotopic (exact) mass is 443 g/mol. The van der Waals surface area contributed by atoms with Crippen LogP contribution in [0.25, 0.3) is 0 Å². The van der Waals surface area contributed by atoms with Crippen LogP contribution in [0, 0.1) is 5.92 Å². The highest BCUT2D eigenvalue weighted by Crippen LogP contribution is 2.24. The summed E-state index contributed by atoms with van der Waals surface area (Å²) in [5, 5.41) is 2.97. The summed E-state index contributed by atoms with van der Waals surface area (Å²) in [4.78, 5) is 29.1. The Bertz CT molecular complexity index is 1050. The summed E-state index contributed by atoms with van der Waals surface area (Å²) >= 11 is 0. The van der Waals surface area contributed by atoms with E-state index in [4.69, 9.17) is 4.74 Å². The van der Waals surface area contributed by atoms with Crippen molar-refractivity contribution < 1.29 is 14.3 Å². The molecule has 1 fully saturated rings. The highest BCUT2D eigenvalue weighted by molar-refractivity contribution is 5.92. The van der Waals surface area contributed by atoms with Gasteiger partial charge in [0.15, 0.2) is 0 Å². The number of carbonyl (C=O) groups is 2. The molecule has 0 radical (unpaired) electrons. The maximum atomic E-state index is 12.8. The quantitative estimate of drug-likeness (QED) is 0.570. The molecule has 0 aromatic heterocycles. The zero-order chi connectivity index (χ0) is 23.0. The number of benzene rings is 3. The average molecular weight is 444 g/mol. The Kier molecular flexibility index (Phi) is 7.25. The molecule has 6 nitrogen and oxygen atoms in total. The van der Waals surface area contributed by atoms with Gasteiger partial charge in [-0.15, -0.1) is 0 Å². The van der Waals surface area contributed by atoms with E-state index >= 15 is 0 Å². The first-order valence-electron chi connectivity index (χ1n) is 11.3. The van der Waals surface area contributed by atoms with Crippen molar-refractivity contribution in [3.63, 3.8) is 0 Å². The first-order chi connectivity index (χ1) is 16.1. The standard InChI is InChI=1S/C27H29N3O3/c1-29(23-12-14-25(15-13-23)33-24-10-6-3-7-11-24)20-26(31)30-18-16-21(17-19-30)27(32)28-22-8-4-2-5-9-22/h2-15,21H,16-20H2,1H3,(H,28,32). The van der Waals surface area contributed by atoms with Gasteiger partial charge >= 0.3 is 0 Å². The molecule has 170 valence electrons. The number of likely N-dealkylation sites (N-methyl/N-ethyl adjacent to an activating group) is 1. The molecule has 0 unspecified atom stereocenters. The van der Waals surface area contributed by atoms with Gasteiger partial charge in [0.05, 0.1) is 6.54 Å². The fourth-order valence-corrected chi connectivity index (χ4v) is 3.94. The number of amides is 2. The average Bonchev–Trinajstić information content (AvgIpc) is 2.86. The number of rotatable bonds is 7. The number of hydrogen-bond donors (Lipinski definition) is 1. The van der Waals surface area contributed by atoms with Crippen LogP contribution in [-0.2, 0) is 9.59 Å². The van der Waals surface area contributed by atoms with Crippen molar-refractivity contribution in [1.82, 2.24) is 4.90 Å². The summed E-state index contributed by atoms with van der Waals surface area (Å²) in [5.41, 5.74) is 1.75. The van der Waals surface area contributed by atoms with Gasteiger partial charge in [-0.05, 0) is 61.4 Å². The first-order valence-corrected chi connectivity index (χ1v) is 11.3. The molecule has 0 atom stereocenters. The normalized spacial score (nSPS) is 13.9. The van der Waals surface area contributed by atoms with Crippen LogP contribution < -0.4 is 15.0 Å². The van der Waals surface area contributed by atoms with Gasteiger partial charge in [0.1, 0.15) is 11.5 Å². The Morgan fingerprint density at radius 3 is 2.09 bits per heavy atom. The van der Waals surface area contributed by atoms with Crippen LogP contribution in [0.4, 0.5) is 11.4 Å². The van der Waals surface area contributed by atoms with E-state index in [9.17, 15) is 9.59 Å². The number of nitrogens with one attached hydrogen (secondary N) is 1. The third-order valence-electron chi connectivity index (χ3n) is 5.89. The lowest BCUT2D eigenvalue weighted by Gasteiger charge is -2.32. The molecule has 3 aromatic rings. The van der Waals surface area contributed by atoms with E-state index < -0.39 is 0 Å². The summed E-state index contributed by atoms with van der Waals surface area (Å²) in [5.74, 6) is 1.58. The van der Waals surface area contributed by atoms with E-state index in [0.717, 1.165) is 22.9 Å². The molecule has 1 aliphatic heterocycles. The minimum atomic E-state index is -0.0656. The fourth-order valence-electron chi connectivity index (χ4n) is 3.94. The number of anilines is 2. The minimum Gasteiger partial charge on any atom is -0.457 e. The highest BCUT2D eigenvalue weighted by atomic mass is 16.5. The molecule has 1 N–H and O–H groups in total. The number of ether oxygens (including phenoxy) is 1. The fraction of sp³-hybridized carbons (Fsp3) is 0.259. The summed E-state index contributed by atoms with van der Waals surface area (Å²) in [7, 11) is 1.91. The summed E-state index contributed by atoms with van der Waals surface area (Å²) < 4.78 is 5.83. The SMILES string of the molecule is CN(CC(=O)N1CCC(C(=O)Nc2ccccc2)CC1)c1ccc(Oc2ccccc2)cc1. The molecule has 1 aliphatic rings. The Hall–Kier alpha value is -3.80. The minimum absolute atomic E-state index is 0.0308. The van der Waals surface area contributed by atoms with Gasteiger partial charge < -0.3 is 19.9 Å². The van der Waals surface area contributed by atoms with Crippen molar-refractivity contribution >= 4 is 23.2 Å². The van der Waals surface area contributed by atoms with Crippen LogP contribution >= 0.6 is 0 Å². The molecule has 1 heterocycles. The van der Waals surface area contributed by atoms with Crippen LogP contribution in [0.1, 0.15) is 12.8 Å². The van der Waals surface area contributed by atoms with E-state index in [0.29, 0.717) is 32.5 Å².